The Hall–Kier alpha value is -0.150. The van der Waals surface area contributed by atoms with E-state index in [1.54, 1.807) is 20.4 Å². The minimum absolute atomic E-state index is 0.109. The highest BCUT2D eigenvalue weighted by molar-refractivity contribution is 7.85. The van der Waals surface area contributed by atoms with Gasteiger partial charge in [-0.3, -0.25) is 0 Å². The molecule has 174 valence electrons. The molecule has 0 saturated heterocycles. The molecule has 0 aliphatic heterocycles. The molecule has 0 spiro atoms. The van der Waals surface area contributed by atoms with Crippen LogP contribution in [0.25, 0.3) is 0 Å². The van der Waals surface area contributed by atoms with Gasteiger partial charge in [-0.25, -0.2) is 12.7 Å². The third-order valence-electron chi connectivity index (χ3n) is 4.90. The van der Waals surface area contributed by atoms with Crippen molar-refractivity contribution < 1.29 is 17.9 Å². The van der Waals surface area contributed by atoms with E-state index < -0.39 is 26.7 Å². The van der Waals surface area contributed by atoms with Gasteiger partial charge < -0.3 is 9.47 Å². The lowest BCUT2D eigenvalue weighted by Crippen LogP contribution is -2.42. The Labute approximate surface area is 184 Å². The fourth-order valence-corrected chi connectivity index (χ4v) is 4.74. The molecule has 0 aromatic heterocycles. The molecule has 0 heterocycles. The summed E-state index contributed by atoms with van der Waals surface area (Å²) in [5.41, 5.74) is 0. The van der Waals surface area contributed by atoms with Gasteiger partial charge in [0.25, 0.3) is 0 Å². The molecule has 0 rings (SSSR count). The minimum atomic E-state index is -1.35. The second-order valence-corrected chi connectivity index (χ2v) is 13.5. The van der Waals surface area contributed by atoms with Crippen LogP contribution in [-0.4, -0.2) is 67.9 Å². The first-order chi connectivity index (χ1) is 13.2. The highest BCUT2D eigenvalue weighted by Crippen LogP contribution is 2.23. The van der Waals surface area contributed by atoms with Crippen molar-refractivity contribution >= 4 is 28.2 Å². The van der Waals surface area contributed by atoms with Crippen molar-refractivity contribution in [3.63, 3.8) is 0 Å². The normalized spacial score (nSPS) is 18.7. The number of rotatable bonds is 14. The van der Waals surface area contributed by atoms with Crippen LogP contribution in [-0.2, 0) is 31.4 Å². The zero-order valence-corrected chi connectivity index (χ0v) is 21.8. The Kier molecular flexibility index (Phi) is 13.2. The monoisotopic (exact) mass is 452 g/mol. The van der Waals surface area contributed by atoms with Crippen molar-refractivity contribution in [1.82, 2.24) is 4.31 Å². The number of methoxy groups -OCH3 is 2. The van der Waals surface area contributed by atoms with Gasteiger partial charge in [-0.2, -0.15) is 4.40 Å². The molecule has 5 unspecified atom stereocenters. The molecule has 8 heteroatoms. The predicted octanol–water partition coefficient (Wildman–Crippen LogP) is 4.14. The summed E-state index contributed by atoms with van der Waals surface area (Å²) < 4.78 is 41.8. The number of hydrogen-bond acceptors (Lipinski definition) is 4. The summed E-state index contributed by atoms with van der Waals surface area (Å²) in [6.07, 6.45) is 4.32. The number of nitrogens with zero attached hydrogens (tertiary/aromatic N) is 2. The zero-order valence-electron chi connectivity index (χ0n) is 20.2. The fraction of sp³-hybridized carbons (Fsp3) is 0.952. The van der Waals surface area contributed by atoms with Crippen LogP contribution in [0.3, 0.4) is 0 Å². The van der Waals surface area contributed by atoms with Gasteiger partial charge in [0.15, 0.2) is 0 Å². The largest absolute Gasteiger partial charge is 0.382 e. The van der Waals surface area contributed by atoms with E-state index in [1.807, 2.05) is 52.8 Å². The second kappa shape index (κ2) is 13.3. The quantitative estimate of drug-likeness (QED) is 0.372. The van der Waals surface area contributed by atoms with Crippen molar-refractivity contribution in [2.45, 2.75) is 96.4 Å². The molecule has 0 bridgehead atoms. The van der Waals surface area contributed by atoms with E-state index in [2.05, 4.69) is 11.3 Å². The SMILES string of the molecule is COC(C)CCN(CCC(C)(C)S(=O)N=CC(C)CC(C)OC)S(=O)C(C)(C)C. The molecule has 6 nitrogen and oxygen atoms in total. The summed E-state index contributed by atoms with van der Waals surface area (Å²) in [6, 6.07) is 0. The smallest absolute Gasteiger partial charge is 0.144 e. The summed E-state index contributed by atoms with van der Waals surface area (Å²) in [5.74, 6) is 0.199. The predicted molar refractivity (Wildman–Crippen MR) is 126 cm³/mol. The zero-order chi connectivity index (χ0) is 22.8. The van der Waals surface area contributed by atoms with Crippen molar-refractivity contribution in [3.05, 3.63) is 0 Å². The summed E-state index contributed by atoms with van der Waals surface area (Å²) in [4.78, 5) is 0. The molecule has 0 radical (unpaired) electrons. The van der Waals surface area contributed by atoms with Gasteiger partial charge in [-0.15, -0.1) is 0 Å². The number of hydrogen-bond donors (Lipinski definition) is 0. The van der Waals surface area contributed by atoms with Crippen LogP contribution >= 0.6 is 0 Å². The molecule has 0 fully saturated rings. The third kappa shape index (κ3) is 11.7. The maximum absolute atomic E-state index is 13.0. The molecule has 29 heavy (non-hydrogen) atoms. The van der Waals surface area contributed by atoms with Crippen molar-refractivity contribution in [2.75, 3.05) is 27.3 Å². The first kappa shape index (κ1) is 28.9. The van der Waals surface area contributed by atoms with Crippen molar-refractivity contribution in [2.24, 2.45) is 10.3 Å². The van der Waals surface area contributed by atoms with E-state index >= 15 is 0 Å². The maximum atomic E-state index is 13.0. The average molecular weight is 453 g/mol. The van der Waals surface area contributed by atoms with Gasteiger partial charge in [0.05, 0.1) is 32.7 Å². The lowest BCUT2D eigenvalue weighted by Gasteiger charge is -2.32. The Morgan fingerprint density at radius 1 is 0.966 bits per heavy atom. The first-order valence-electron chi connectivity index (χ1n) is 10.4. The summed E-state index contributed by atoms with van der Waals surface area (Å²) in [7, 11) is 0.891. The third-order valence-corrected chi connectivity index (χ3v) is 8.24. The van der Waals surface area contributed by atoms with Gasteiger partial charge >= 0.3 is 0 Å². The van der Waals surface area contributed by atoms with E-state index in [0.717, 1.165) is 12.8 Å². The van der Waals surface area contributed by atoms with Gasteiger partial charge in [0.1, 0.15) is 11.0 Å². The molecule has 0 aromatic carbocycles. The van der Waals surface area contributed by atoms with Crippen LogP contribution in [0, 0.1) is 5.92 Å². The summed E-state index contributed by atoms with van der Waals surface area (Å²) >= 11 is 0. The Morgan fingerprint density at radius 2 is 1.52 bits per heavy atom. The fourth-order valence-electron chi connectivity index (χ4n) is 2.57. The Morgan fingerprint density at radius 3 is 2.00 bits per heavy atom. The van der Waals surface area contributed by atoms with Crippen LogP contribution in [0.4, 0.5) is 0 Å². The molecule has 0 amide bonds. The number of ether oxygens (including phenoxy) is 2. The molecule has 5 atom stereocenters. The molecular weight excluding hydrogens is 408 g/mol. The summed E-state index contributed by atoms with van der Waals surface area (Å²) in [6.45, 7) is 17.2. The highest BCUT2D eigenvalue weighted by atomic mass is 32.2. The Balaban J connectivity index is 5.00. The lowest BCUT2D eigenvalue weighted by atomic mass is 10.1. The van der Waals surface area contributed by atoms with Gasteiger partial charge in [-0.05, 0) is 73.6 Å². The van der Waals surface area contributed by atoms with Crippen LogP contribution in [0.2, 0.25) is 0 Å². The highest BCUT2D eigenvalue weighted by Gasteiger charge is 2.31. The van der Waals surface area contributed by atoms with Crippen LogP contribution in [0.1, 0.15) is 74.7 Å². The topological polar surface area (TPSA) is 68.2 Å². The Bertz CT molecular complexity index is 547. The van der Waals surface area contributed by atoms with Gasteiger partial charge in [0, 0.05) is 33.5 Å². The molecule has 0 aromatic rings. The maximum Gasteiger partial charge on any atom is 0.144 e. The van der Waals surface area contributed by atoms with Crippen LogP contribution in [0.15, 0.2) is 4.40 Å². The molecule has 0 aliphatic rings. The van der Waals surface area contributed by atoms with E-state index in [0.29, 0.717) is 19.5 Å². The molecule has 0 aliphatic carbocycles. The second-order valence-electron chi connectivity index (χ2n) is 9.40. The summed E-state index contributed by atoms with van der Waals surface area (Å²) in [5, 5.41) is 0. The van der Waals surface area contributed by atoms with Crippen LogP contribution < -0.4 is 0 Å². The molecule has 0 saturated carbocycles. The molecular formula is C21H44N2O4S2. The van der Waals surface area contributed by atoms with E-state index in [-0.39, 0.29) is 22.9 Å². The average Bonchev–Trinajstić information content (AvgIpc) is 2.64. The minimum Gasteiger partial charge on any atom is -0.382 e. The molecule has 0 N–H and O–H groups in total. The van der Waals surface area contributed by atoms with Gasteiger partial charge in [0.2, 0.25) is 0 Å². The van der Waals surface area contributed by atoms with Crippen molar-refractivity contribution in [1.29, 1.82) is 0 Å². The standard InChI is InChI=1S/C21H44N2O4S2/c1-17(15-19(3)27-10)16-22-28(24)21(7,8)12-14-23(13-11-18(2)26-9)29(25)20(4,5)6/h16-19H,11-15H2,1-10H3. The first-order valence-corrected chi connectivity index (χ1v) is 12.6. The van der Waals surface area contributed by atoms with E-state index in [1.165, 1.54) is 0 Å². The van der Waals surface area contributed by atoms with Gasteiger partial charge in [-0.1, -0.05) is 6.92 Å². The van der Waals surface area contributed by atoms with E-state index in [9.17, 15) is 8.42 Å². The van der Waals surface area contributed by atoms with Crippen LogP contribution in [0.5, 0.6) is 0 Å². The lowest BCUT2D eigenvalue weighted by molar-refractivity contribution is 0.105. The van der Waals surface area contributed by atoms with Crippen molar-refractivity contribution in [3.8, 4) is 0 Å². The van der Waals surface area contributed by atoms with E-state index in [4.69, 9.17) is 9.47 Å².